The maximum atomic E-state index is 13.0. The van der Waals surface area contributed by atoms with Crippen molar-refractivity contribution in [2.75, 3.05) is 0 Å². The van der Waals surface area contributed by atoms with E-state index >= 15 is 0 Å². The smallest absolute Gasteiger partial charge is 0.259 e. The number of benzene rings is 2. The molecule has 4 nitrogen and oxygen atoms in total. The van der Waals surface area contributed by atoms with Crippen LogP contribution in [0.2, 0.25) is 5.02 Å². The molecule has 3 rings (SSSR count). The van der Waals surface area contributed by atoms with Crippen molar-refractivity contribution in [1.82, 2.24) is 9.71 Å². The summed E-state index contributed by atoms with van der Waals surface area (Å²) >= 11 is 5.90. The average Bonchev–Trinajstić information content (AvgIpc) is 2.67. The minimum absolute atomic E-state index is 0.312. The molecule has 1 heterocycles. The topological polar surface area (TPSA) is 59.1 Å². The number of halogens is 4. The van der Waals surface area contributed by atoms with Crippen molar-refractivity contribution in [3.63, 3.8) is 0 Å². The van der Waals surface area contributed by atoms with Crippen LogP contribution in [0.4, 0.5) is 13.2 Å². The number of hydrogen-bond donors (Lipinski definition) is 1. The van der Waals surface area contributed by atoms with Crippen LogP contribution in [0.15, 0.2) is 77.8 Å². The molecule has 2 aromatic carbocycles. The predicted octanol–water partition coefficient (Wildman–Crippen LogP) is 4.82. The van der Waals surface area contributed by atoms with Crippen molar-refractivity contribution in [3.8, 4) is 0 Å². The molecule has 0 aliphatic heterocycles. The zero-order valence-electron chi connectivity index (χ0n) is 14.2. The van der Waals surface area contributed by atoms with E-state index in [1.54, 1.807) is 48.5 Å². The van der Waals surface area contributed by atoms with Gasteiger partial charge in [0.1, 0.15) is 4.90 Å². The molecule has 0 amide bonds. The predicted molar refractivity (Wildman–Crippen MR) is 99.3 cm³/mol. The molecule has 1 atom stereocenters. The normalized spacial score (nSPS) is 13.3. The lowest BCUT2D eigenvalue weighted by atomic mass is 10.0. The number of rotatable bonds is 5. The van der Waals surface area contributed by atoms with Crippen LogP contribution in [-0.2, 0) is 16.2 Å². The standard InChI is InChI=1S/C19H14ClF3N2O2S/c20-15-10-9-14(19(21,22)23)12-17(15)28(26,27)25-18(13-6-2-1-3-7-13)16-8-4-5-11-24-16/h1-12,18,25H. The molecule has 3 aromatic rings. The van der Waals surface area contributed by atoms with Gasteiger partial charge in [-0.15, -0.1) is 0 Å². The van der Waals surface area contributed by atoms with Gasteiger partial charge in [0.2, 0.25) is 10.0 Å². The summed E-state index contributed by atoms with van der Waals surface area (Å²) in [5.74, 6) is 0. The third kappa shape index (κ3) is 4.52. The summed E-state index contributed by atoms with van der Waals surface area (Å²) in [6.07, 6.45) is -3.20. The van der Waals surface area contributed by atoms with E-state index in [9.17, 15) is 21.6 Å². The molecule has 0 fully saturated rings. The van der Waals surface area contributed by atoms with Gasteiger partial charge in [-0.05, 0) is 35.9 Å². The maximum Gasteiger partial charge on any atom is 0.416 e. The van der Waals surface area contributed by atoms with Crippen LogP contribution in [0.1, 0.15) is 22.9 Å². The second-order valence-corrected chi connectivity index (χ2v) is 7.95. The molecule has 0 bridgehead atoms. The van der Waals surface area contributed by atoms with Crippen LogP contribution in [-0.4, -0.2) is 13.4 Å². The number of nitrogens with zero attached hydrogens (tertiary/aromatic N) is 1. The molecule has 0 spiro atoms. The van der Waals surface area contributed by atoms with Crippen LogP contribution < -0.4 is 4.72 Å². The van der Waals surface area contributed by atoms with Gasteiger partial charge in [-0.2, -0.15) is 17.9 Å². The fourth-order valence-electron chi connectivity index (χ4n) is 2.60. The molecule has 0 aliphatic rings. The second-order valence-electron chi connectivity index (χ2n) is 5.86. The molecule has 1 N–H and O–H groups in total. The van der Waals surface area contributed by atoms with Gasteiger partial charge in [0.15, 0.2) is 0 Å². The van der Waals surface area contributed by atoms with Crippen LogP contribution in [0.3, 0.4) is 0 Å². The summed E-state index contributed by atoms with van der Waals surface area (Å²) in [7, 11) is -4.39. The molecule has 1 unspecified atom stereocenters. The van der Waals surface area contributed by atoms with Gasteiger partial charge in [0.05, 0.1) is 22.3 Å². The first kappa shape index (κ1) is 20.3. The fraction of sp³-hybridized carbons (Fsp3) is 0.105. The molecule has 0 saturated carbocycles. The lowest BCUT2D eigenvalue weighted by Crippen LogP contribution is -2.30. The van der Waals surface area contributed by atoms with Crippen molar-refractivity contribution in [3.05, 3.63) is 94.8 Å². The molecule has 0 saturated heterocycles. The Kier molecular flexibility index (Phi) is 5.74. The van der Waals surface area contributed by atoms with E-state index in [4.69, 9.17) is 11.6 Å². The third-order valence-electron chi connectivity index (χ3n) is 3.94. The Bertz CT molecular complexity index is 1020. The highest BCUT2D eigenvalue weighted by Gasteiger charge is 2.33. The highest BCUT2D eigenvalue weighted by molar-refractivity contribution is 7.89. The molecule has 1 aromatic heterocycles. The Hall–Kier alpha value is -2.42. The fourth-order valence-corrected chi connectivity index (χ4v) is 4.32. The first-order valence-corrected chi connectivity index (χ1v) is 9.89. The number of alkyl halides is 3. The molecule has 0 aliphatic carbocycles. The number of sulfonamides is 1. The summed E-state index contributed by atoms with van der Waals surface area (Å²) in [5.41, 5.74) is -0.139. The van der Waals surface area contributed by atoms with E-state index in [2.05, 4.69) is 9.71 Å². The Morgan fingerprint density at radius 3 is 2.25 bits per heavy atom. The van der Waals surface area contributed by atoms with E-state index in [1.165, 1.54) is 6.20 Å². The summed E-state index contributed by atoms with van der Waals surface area (Å²) in [4.78, 5) is 3.52. The first-order valence-electron chi connectivity index (χ1n) is 8.03. The largest absolute Gasteiger partial charge is 0.416 e. The van der Waals surface area contributed by atoms with E-state index in [1.807, 2.05) is 0 Å². The van der Waals surface area contributed by atoms with E-state index in [0.717, 1.165) is 12.1 Å². The average molecular weight is 427 g/mol. The monoisotopic (exact) mass is 426 g/mol. The van der Waals surface area contributed by atoms with Crippen molar-refractivity contribution in [2.24, 2.45) is 0 Å². The lowest BCUT2D eigenvalue weighted by molar-refractivity contribution is -0.137. The molecular formula is C19H14ClF3N2O2S. The van der Waals surface area contributed by atoms with E-state index in [-0.39, 0.29) is 5.02 Å². The number of hydrogen-bond acceptors (Lipinski definition) is 3. The zero-order chi connectivity index (χ0) is 20.4. The quantitative estimate of drug-likeness (QED) is 0.636. The summed E-state index contributed by atoms with van der Waals surface area (Å²) < 4.78 is 67.3. The minimum atomic E-state index is -4.70. The number of pyridine rings is 1. The summed E-state index contributed by atoms with van der Waals surface area (Å²) in [5, 5.41) is -0.312. The van der Waals surface area contributed by atoms with Gasteiger partial charge >= 0.3 is 6.18 Å². The van der Waals surface area contributed by atoms with Gasteiger partial charge in [0, 0.05) is 6.20 Å². The van der Waals surface area contributed by atoms with Crippen molar-refractivity contribution < 1.29 is 21.6 Å². The molecular weight excluding hydrogens is 413 g/mol. The van der Waals surface area contributed by atoms with Crippen LogP contribution >= 0.6 is 11.6 Å². The summed E-state index contributed by atoms with van der Waals surface area (Å²) in [6, 6.07) is 14.8. The number of nitrogens with one attached hydrogen (secondary N) is 1. The van der Waals surface area contributed by atoms with E-state index in [0.29, 0.717) is 17.3 Å². The highest BCUT2D eigenvalue weighted by atomic mass is 35.5. The Morgan fingerprint density at radius 2 is 1.64 bits per heavy atom. The maximum absolute atomic E-state index is 13.0. The SMILES string of the molecule is O=S(=O)(NC(c1ccccc1)c1ccccn1)c1cc(C(F)(F)F)ccc1Cl. The lowest BCUT2D eigenvalue weighted by Gasteiger charge is -2.20. The van der Waals surface area contributed by atoms with Crippen LogP contribution in [0, 0.1) is 0 Å². The molecule has 28 heavy (non-hydrogen) atoms. The van der Waals surface area contributed by atoms with Gasteiger partial charge in [-0.3, -0.25) is 4.98 Å². The zero-order valence-corrected chi connectivity index (χ0v) is 15.8. The summed E-state index contributed by atoms with van der Waals surface area (Å²) in [6.45, 7) is 0. The van der Waals surface area contributed by atoms with Crippen molar-refractivity contribution >= 4 is 21.6 Å². The van der Waals surface area contributed by atoms with Gasteiger partial charge in [-0.1, -0.05) is 48.0 Å². The molecule has 146 valence electrons. The minimum Gasteiger partial charge on any atom is -0.259 e. The molecule has 9 heteroatoms. The van der Waals surface area contributed by atoms with E-state index < -0.39 is 32.7 Å². The van der Waals surface area contributed by atoms with Gasteiger partial charge in [0.25, 0.3) is 0 Å². The third-order valence-corrected chi connectivity index (χ3v) is 5.84. The molecule has 0 radical (unpaired) electrons. The van der Waals surface area contributed by atoms with Crippen LogP contribution in [0.5, 0.6) is 0 Å². The Labute approximate surface area is 165 Å². The second kappa shape index (κ2) is 7.90. The van der Waals surface area contributed by atoms with Gasteiger partial charge < -0.3 is 0 Å². The Balaban J connectivity index is 2.06. The van der Waals surface area contributed by atoms with Crippen molar-refractivity contribution in [1.29, 1.82) is 0 Å². The van der Waals surface area contributed by atoms with Crippen LogP contribution in [0.25, 0.3) is 0 Å². The highest BCUT2D eigenvalue weighted by Crippen LogP contribution is 2.34. The first-order chi connectivity index (χ1) is 13.2. The number of aromatic nitrogens is 1. The van der Waals surface area contributed by atoms with Gasteiger partial charge in [-0.25, -0.2) is 8.42 Å². The van der Waals surface area contributed by atoms with Crippen molar-refractivity contribution in [2.45, 2.75) is 17.1 Å². The Morgan fingerprint density at radius 1 is 0.964 bits per heavy atom.